The standard InChI is InChI=1S/C19H25N/c1-4-20-19(18-12-8-6-10-16(18)3)14-13-17-11-7-5-9-15(17)2/h5-12,19-20H,4,13-14H2,1-3H3. The third-order valence-corrected chi connectivity index (χ3v) is 3.98. The zero-order valence-corrected chi connectivity index (χ0v) is 12.8. The molecule has 0 heterocycles. The van der Waals surface area contributed by atoms with Crippen LogP contribution in [0.3, 0.4) is 0 Å². The van der Waals surface area contributed by atoms with E-state index in [1.54, 1.807) is 0 Å². The van der Waals surface area contributed by atoms with Gasteiger partial charge in [0.2, 0.25) is 0 Å². The zero-order valence-electron chi connectivity index (χ0n) is 12.8. The van der Waals surface area contributed by atoms with E-state index in [2.05, 4.69) is 74.6 Å². The first kappa shape index (κ1) is 14.8. The predicted molar refractivity (Wildman–Crippen MR) is 87.1 cm³/mol. The molecule has 0 fully saturated rings. The van der Waals surface area contributed by atoms with E-state index in [9.17, 15) is 0 Å². The summed E-state index contributed by atoms with van der Waals surface area (Å²) in [6.45, 7) is 7.59. The van der Waals surface area contributed by atoms with Gasteiger partial charge in [0.15, 0.2) is 0 Å². The molecule has 20 heavy (non-hydrogen) atoms. The third kappa shape index (κ3) is 3.71. The van der Waals surface area contributed by atoms with Crippen LogP contribution in [0.25, 0.3) is 0 Å². The zero-order chi connectivity index (χ0) is 14.4. The highest BCUT2D eigenvalue weighted by Gasteiger charge is 2.12. The van der Waals surface area contributed by atoms with E-state index in [0.29, 0.717) is 6.04 Å². The molecule has 0 amide bonds. The number of rotatable bonds is 6. The lowest BCUT2D eigenvalue weighted by Crippen LogP contribution is -2.22. The molecule has 2 rings (SSSR count). The average molecular weight is 267 g/mol. The van der Waals surface area contributed by atoms with Gasteiger partial charge < -0.3 is 5.32 Å². The molecule has 1 N–H and O–H groups in total. The van der Waals surface area contributed by atoms with Crippen molar-refractivity contribution >= 4 is 0 Å². The van der Waals surface area contributed by atoms with Gasteiger partial charge in [-0.25, -0.2) is 0 Å². The highest BCUT2D eigenvalue weighted by molar-refractivity contribution is 5.30. The van der Waals surface area contributed by atoms with Crippen molar-refractivity contribution in [2.75, 3.05) is 6.54 Å². The molecule has 1 atom stereocenters. The van der Waals surface area contributed by atoms with Gasteiger partial charge in [0.25, 0.3) is 0 Å². The molecule has 2 aromatic carbocycles. The quantitative estimate of drug-likeness (QED) is 0.807. The van der Waals surface area contributed by atoms with Gasteiger partial charge in [0, 0.05) is 6.04 Å². The Bertz CT molecular complexity index is 545. The van der Waals surface area contributed by atoms with Crippen LogP contribution in [0.2, 0.25) is 0 Å². The van der Waals surface area contributed by atoms with E-state index < -0.39 is 0 Å². The van der Waals surface area contributed by atoms with Crippen LogP contribution in [0.1, 0.15) is 41.6 Å². The van der Waals surface area contributed by atoms with Gasteiger partial charge in [-0.15, -0.1) is 0 Å². The summed E-state index contributed by atoms with van der Waals surface area (Å²) in [5.41, 5.74) is 5.67. The average Bonchev–Trinajstić information content (AvgIpc) is 2.46. The van der Waals surface area contributed by atoms with Gasteiger partial charge in [0.05, 0.1) is 0 Å². The lowest BCUT2D eigenvalue weighted by molar-refractivity contribution is 0.513. The molecule has 0 spiro atoms. The largest absolute Gasteiger partial charge is 0.310 e. The lowest BCUT2D eigenvalue weighted by Gasteiger charge is -2.21. The van der Waals surface area contributed by atoms with Gasteiger partial charge in [0.1, 0.15) is 0 Å². The van der Waals surface area contributed by atoms with E-state index in [4.69, 9.17) is 0 Å². The highest BCUT2D eigenvalue weighted by Crippen LogP contribution is 2.23. The maximum Gasteiger partial charge on any atom is 0.0325 e. The van der Waals surface area contributed by atoms with Gasteiger partial charge in [-0.05, 0) is 55.5 Å². The SMILES string of the molecule is CCNC(CCc1ccccc1C)c1ccccc1C. The second-order valence-corrected chi connectivity index (χ2v) is 5.43. The fourth-order valence-electron chi connectivity index (χ4n) is 2.78. The minimum atomic E-state index is 0.445. The maximum atomic E-state index is 3.63. The molecule has 0 aromatic heterocycles. The number of hydrogen-bond acceptors (Lipinski definition) is 1. The monoisotopic (exact) mass is 267 g/mol. The van der Waals surface area contributed by atoms with Crippen LogP contribution in [-0.4, -0.2) is 6.54 Å². The van der Waals surface area contributed by atoms with E-state index in [1.807, 2.05) is 0 Å². The molecule has 0 aliphatic heterocycles. The van der Waals surface area contributed by atoms with Crippen molar-refractivity contribution in [3.63, 3.8) is 0 Å². The predicted octanol–water partition coefficient (Wildman–Crippen LogP) is 4.59. The Balaban J connectivity index is 2.11. The normalized spacial score (nSPS) is 12.3. The Labute approximate surface area is 123 Å². The van der Waals surface area contributed by atoms with E-state index in [1.165, 1.54) is 22.3 Å². The van der Waals surface area contributed by atoms with Crippen molar-refractivity contribution in [2.45, 2.75) is 39.7 Å². The maximum absolute atomic E-state index is 3.63. The molecule has 0 aliphatic carbocycles. The topological polar surface area (TPSA) is 12.0 Å². The van der Waals surface area contributed by atoms with Crippen LogP contribution >= 0.6 is 0 Å². The summed E-state index contributed by atoms with van der Waals surface area (Å²) in [6.07, 6.45) is 2.27. The molecular weight excluding hydrogens is 242 g/mol. The van der Waals surface area contributed by atoms with Crippen LogP contribution in [0.15, 0.2) is 48.5 Å². The summed E-state index contributed by atoms with van der Waals surface area (Å²) in [5.74, 6) is 0. The van der Waals surface area contributed by atoms with Crippen molar-refractivity contribution in [3.8, 4) is 0 Å². The lowest BCUT2D eigenvalue weighted by atomic mass is 9.94. The molecule has 0 radical (unpaired) electrons. The fourth-order valence-corrected chi connectivity index (χ4v) is 2.78. The summed E-state index contributed by atoms with van der Waals surface area (Å²) in [7, 11) is 0. The van der Waals surface area contributed by atoms with Crippen molar-refractivity contribution in [3.05, 3.63) is 70.8 Å². The minimum Gasteiger partial charge on any atom is -0.310 e. The Morgan fingerprint density at radius 2 is 1.55 bits per heavy atom. The van der Waals surface area contributed by atoms with Crippen molar-refractivity contribution in [2.24, 2.45) is 0 Å². The molecule has 106 valence electrons. The number of hydrogen-bond donors (Lipinski definition) is 1. The van der Waals surface area contributed by atoms with Crippen LogP contribution < -0.4 is 5.32 Å². The molecule has 0 saturated heterocycles. The second kappa shape index (κ2) is 7.25. The summed E-state index contributed by atoms with van der Waals surface area (Å²) in [5, 5.41) is 3.63. The first-order chi connectivity index (χ1) is 9.72. The van der Waals surface area contributed by atoms with Crippen LogP contribution in [0.5, 0.6) is 0 Å². The fraction of sp³-hybridized carbons (Fsp3) is 0.368. The Hall–Kier alpha value is -1.60. The molecule has 1 heteroatoms. The number of benzene rings is 2. The van der Waals surface area contributed by atoms with E-state index in [-0.39, 0.29) is 0 Å². The van der Waals surface area contributed by atoms with Crippen molar-refractivity contribution in [1.29, 1.82) is 0 Å². The van der Waals surface area contributed by atoms with Crippen LogP contribution in [-0.2, 0) is 6.42 Å². The Kier molecular flexibility index (Phi) is 5.37. The van der Waals surface area contributed by atoms with Gasteiger partial charge in [-0.1, -0.05) is 55.5 Å². The molecule has 1 unspecified atom stereocenters. The number of nitrogens with one attached hydrogen (secondary N) is 1. The summed E-state index contributed by atoms with van der Waals surface area (Å²) < 4.78 is 0. The summed E-state index contributed by atoms with van der Waals surface area (Å²) in [4.78, 5) is 0. The van der Waals surface area contributed by atoms with Crippen molar-refractivity contribution < 1.29 is 0 Å². The molecular formula is C19H25N. The third-order valence-electron chi connectivity index (χ3n) is 3.98. The first-order valence-electron chi connectivity index (χ1n) is 7.55. The minimum absolute atomic E-state index is 0.445. The Morgan fingerprint density at radius 3 is 2.20 bits per heavy atom. The van der Waals surface area contributed by atoms with E-state index in [0.717, 1.165) is 19.4 Å². The van der Waals surface area contributed by atoms with Gasteiger partial charge >= 0.3 is 0 Å². The van der Waals surface area contributed by atoms with Crippen molar-refractivity contribution in [1.82, 2.24) is 5.32 Å². The molecule has 0 saturated carbocycles. The van der Waals surface area contributed by atoms with Gasteiger partial charge in [-0.2, -0.15) is 0 Å². The smallest absolute Gasteiger partial charge is 0.0325 e. The second-order valence-electron chi connectivity index (χ2n) is 5.43. The molecule has 0 bridgehead atoms. The first-order valence-corrected chi connectivity index (χ1v) is 7.55. The van der Waals surface area contributed by atoms with Crippen LogP contribution in [0, 0.1) is 13.8 Å². The highest BCUT2D eigenvalue weighted by atomic mass is 14.9. The molecule has 1 nitrogen and oxygen atoms in total. The Morgan fingerprint density at radius 1 is 0.900 bits per heavy atom. The summed E-state index contributed by atoms with van der Waals surface area (Å²) in [6, 6.07) is 17.8. The van der Waals surface area contributed by atoms with E-state index >= 15 is 0 Å². The molecule has 0 aliphatic rings. The van der Waals surface area contributed by atoms with Gasteiger partial charge in [-0.3, -0.25) is 0 Å². The summed E-state index contributed by atoms with van der Waals surface area (Å²) >= 11 is 0. The van der Waals surface area contributed by atoms with Crippen LogP contribution in [0.4, 0.5) is 0 Å². The number of aryl methyl sites for hydroxylation is 3. The molecule has 2 aromatic rings.